The van der Waals surface area contributed by atoms with Gasteiger partial charge in [-0.15, -0.1) is 0 Å². The van der Waals surface area contributed by atoms with Crippen LogP contribution in [0.25, 0.3) is 10.9 Å². The van der Waals surface area contributed by atoms with E-state index in [4.69, 9.17) is 11.6 Å². The van der Waals surface area contributed by atoms with Crippen molar-refractivity contribution in [3.05, 3.63) is 69.2 Å². The fourth-order valence-corrected chi connectivity index (χ4v) is 4.99. The summed E-state index contributed by atoms with van der Waals surface area (Å²) in [6, 6.07) is 11.8. The van der Waals surface area contributed by atoms with Crippen LogP contribution in [-0.2, 0) is 17.1 Å². The highest BCUT2D eigenvalue weighted by Crippen LogP contribution is 2.28. The Morgan fingerprint density at radius 3 is 2.70 bits per heavy atom. The zero-order valence-corrected chi connectivity index (χ0v) is 17.9. The van der Waals surface area contributed by atoms with Crippen LogP contribution in [0, 0.1) is 5.82 Å². The molecule has 5 nitrogen and oxygen atoms in total. The van der Waals surface area contributed by atoms with Gasteiger partial charge in [-0.05, 0) is 37.1 Å². The Balaban J connectivity index is 1.60. The van der Waals surface area contributed by atoms with Crippen molar-refractivity contribution in [3.8, 4) is 0 Å². The summed E-state index contributed by atoms with van der Waals surface area (Å²) in [5.41, 5.74) is 0.867. The van der Waals surface area contributed by atoms with E-state index in [2.05, 4.69) is 4.98 Å². The summed E-state index contributed by atoms with van der Waals surface area (Å²) in [5.74, 6) is 0.0565. The second kappa shape index (κ2) is 9.18. The van der Waals surface area contributed by atoms with Crippen LogP contribution in [0.2, 0.25) is 5.02 Å². The molecule has 3 aromatic rings. The molecule has 2 heterocycles. The zero-order valence-electron chi connectivity index (χ0n) is 16.3. The van der Waals surface area contributed by atoms with E-state index < -0.39 is 0 Å². The van der Waals surface area contributed by atoms with E-state index in [1.807, 2.05) is 17.0 Å². The Kier molecular flexibility index (Phi) is 6.39. The quantitative estimate of drug-likeness (QED) is 0.397. The lowest BCUT2D eigenvalue weighted by atomic mass is 10.2. The molecule has 0 unspecified atom stereocenters. The molecule has 0 saturated carbocycles. The van der Waals surface area contributed by atoms with Gasteiger partial charge < -0.3 is 4.90 Å². The fourth-order valence-electron chi connectivity index (χ4n) is 3.62. The molecule has 0 atom stereocenters. The average molecular weight is 446 g/mol. The van der Waals surface area contributed by atoms with Crippen LogP contribution in [0.3, 0.4) is 0 Å². The van der Waals surface area contributed by atoms with Crippen LogP contribution < -0.4 is 5.56 Å². The van der Waals surface area contributed by atoms with Gasteiger partial charge in [-0.3, -0.25) is 14.2 Å². The predicted octanol–water partition coefficient (Wildman–Crippen LogP) is 4.49. The van der Waals surface area contributed by atoms with Gasteiger partial charge in [0.2, 0.25) is 5.91 Å². The lowest BCUT2D eigenvalue weighted by molar-refractivity contribution is -0.127. The maximum atomic E-state index is 14.2. The Labute approximate surface area is 182 Å². The molecule has 4 rings (SSSR count). The van der Waals surface area contributed by atoms with Crippen molar-refractivity contribution < 1.29 is 9.18 Å². The van der Waals surface area contributed by atoms with E-state index >= 15 is 0 Å². The van der Waals surface area contributed by atoms with Gasteiger partial charge in [-0.2, -0.15) is 0 Å². The molecule has 1 saturated heterocycles. The number of carbonyl (C=O) groups is 1. The van der Waals surface area contributed by atoms with Crippen molar-refractivity contribution >= 4 is 40.2 Å². The van der Waals surface area contributed by atoms with E-state index in [1.165, 1.54) is 17.8 Å². The number of hydrogen-bond donors (Lipinski definition) is 0. The van der Waals surface area contributed by atoms with E-state index in [0.29, 0.717) is 52.6 Å². The maximum absolute atomic E-state index is 14.2. The minimum atomic E-state index is -0.378. The molecule has 156 valence electrons. The van der Waals surface area contributed by atoms with Crippen molar-refractivity contribution in [3.63, 3.8) is 0 Å². The molecular weight excluding hydrogens is 425 g/mol. The summed E-state index contributed by atoms with van der Waals surface area (Å²) in [6.45, 7) is 1.83. The van der Waals surface area contributed by atoms with Crippen molar-refractivity contribution in [1.29, 1.82) is 0 Å². The first-order valence-corrected chi connectivity index (χ1v) is 11.2. The minimum absolute atomic E-state index is 0.129. The van der Waals surface area contributed by atoms with E-state index in [9.17, 15) is 14.0 Å². The number of para-hydroxylation sites is 1. The summed E-state index contributed by atoms with van der Waals surface area (Å²) in [4.78, 5) is 31.5. The number of benzene rings is 2. The van der Waals surface area contributed by atoms with Crippen LogP contribution in [0.5, 0.6) is 0 Å². The summed E-state index contributed by atoms with van der Waals surface area (Å²) < 4.78 is 15.8. The SMILES string of the molecule is O=C1CCCN1CCCn1c(SCc2c(F)cccc2Cl)nc2ccccc2c1=O. The Morgan fingerprint density at radius 1 is 1.10 bits per heavy atom. The highest BCUT2D eigenvalue weighted by molar-refractivity contribution is 7.98. The summed E-state index contributed by atoms with van der Waals surface area (Å²) >= 11 is 7.44. The number of fused-ring (bicyclic) bond motifs is 1. The number of halogens is 2. The molecule has 0 aliphatic carbocycles. The molecule has 1 fully saturated rings. The van der Waals surface area contributed by atoms with E-state index in [1.54, 1.807) is 28.8 Å². The molecule has 1 aliphatic rings. The molecule has 0 radical (unpaired) electrons. The molecule has 1 amide bonds. The van der Waals surface area contributed by atoms with Gasteiger partial charge in [0, 0.05) is 42.4 Å². The third-order valence-corrected chi connectivity index (χ3v) is 6.57. The van der Waals surface area contributed by atoms with Crippen molar-refractivity contribution in [2.75, 3.05) is 13.1 Å². The number of hydrogen-bond acceptors (Lipinski definition) is 4. The number of nitrogens with zero attached hydrogens (tertiary/aromatic N) is 3. The summed E-state index contributed by atoms with van der Waals surface area (Å²) in [5, 5.41) is 1.42. The van der Waals surface area contributed by atoms with Crippen molar-refractivity contribution in [1.82, 2.24) is 14.5 Å². The number of thioether (sulfide) groups is 1. The van der Waals surface area contributed by atoms with Gasteiger partial charge >= 0.3 is 0 Å². The monoisotopic (exact) mass is 445 g/mol. The first kappa shape index (κ1) is 20.9. The van der Waals surface area contributed by atoms with Gasteiger partial charge in [0.25, 0.3) is 5.56 Å². The van der Waals surface area contributed by atoms with Crippen LogP contribution in [-0.4, -0.2) is 33.4 Å². The summed E-state index contributed by atoms with van der Waals surface area (Å²) in [6.07, 6.45) is 2.14. The highest BCUT2D eigenvalue weighted by Gasteiger charge is 2.20. The average Bonchev–Trinajstić information content (AvgIpc) is 3.14. The molecule has 8 heteroatoms. The maximum Gasteiger partial charge on any atom is 0.262 e. The number of rotatable bonds is 7. The number of amides is 1. The second-order valence-electron chi connectivity index (χ2n) is 7.20. The molecule has 1 aromatic heterocycles. The van der Waals surface area contributed by atoms with E-state index in [-0.39, 0.29) is 23.0 Å². The Bertz CT molecular complexity index is 1130. The van der Waals surface area contributed by atoms with E-state index in [0.717, 1.165) is 13.0 Å². The zero-order chi connectivity index (χ0) is 21.1. The van der Waals surface area contributed by atoms with Gasteiger partial charge in [0.05, 0.1) is 10.9 Å². The van der Waals surface area contributed by atoms with Gasteiger partial charge in [-0.1, -0.05) is 41.6 Å². The largest absolute Gasteiger partial charge is 0.343 e. The normalized spacial score (nSPS) is 14.1. The van der Waals surface area contributed by atoms with Gasteiger partial charge in [-0.25, -0.2) is 9.37 Å². The van der Waals surface area contributed by atoms with Crippen LogP contribution >= 0.6 is 23.4 Å². The molecule has 30 heavy (non-hydrogen) atoms. The van der Waals surface area contributed by atoms with Crippen LogP contribution in [0.4, 0.5) is 4.39 Å². The van der Waals surface area contributed by atoms with Crippen molar-refractivity contribution in [2.24, 2.45) is 0 Å². The minimum Gasteiger partial charge on any atom is -0.343 e. The molecular formula is C22H21ClFN3O2S. The Morgan fingerprint density at radius 2 is 1.93 bits per heavy atom. The third kappa shape index (κ3) is 4.37. The first-order valence-electron chi connectivity index (χ1n) is 9.87. The summed E-state index contributed by atoms with van der Waals surface area (Å²) in [7, 11) is 0. The standard InChI is InChI=1S/C22H21ClFN3O2S/c23-17-7-3-8-18(24)16(17)14-30-22-25-19-9-2-1-6-15(19)21(29)27(22)13-5-12-26-11-4-10-20(26)28/h1-3,6-9H,4-5,10-14H2. The highest BCUT2D eigenvalue weighted by atomic mass is 35.5. The number of aromatic nitrogens is 2. The van der Waals surface area contributed by atoms with Crippen LogP contribution in [0.15, 0.2) is 52.4 Å². The molecule has 0 spiro atoms. The second-order valence-corrected chi connectivity index (χ2v) is 8.54. The smallest absolute Gasteiger partial charge is 0.262 e. The molecule has 1 aliphatic heterocycles. The molecule has 0 N–H and O–H groups in total. The van der Waals surface area contributed by atoms with Gasteiger partial charge in [0.15, 0.2) is 5.16 Å². The first-order chi connectivity index (χ1) is 14.5. The predicted molar refractivity (Wildman–Crippen MR) is 117 cm³/mol. The lowest BCUT2D eigenvalue weighted by Gasteiger charge is -2.17. The Hall–Kier alpha value is -2.38. The number of carbonyl (C=O) groups excluding carboxylic acids is 1. The lowest BCUT2D eigenvalue weighted by Crippen LogP contribution is -2.29. The fraction of sp³-hybridized carbons (Fsp3) is 0.318. The third-order valence-electron chi connectivity index (χ3n) is 5.22. The van der Waals surface area contributed by atoms with Crippen LogP contribution in [0.1, 0.15) is 24.8 Å². The topological polar surface area (TPSA) is 55.2 Å². The molecule has 0 bridgehead atoms. The van der Waals surface area contributed by atoms with Gasteiger partial charge in [0.1, 0.15) is 5.82 Å². The van der Waals surface area contributed by atoms with Crippen molar-refractivity contribution in [2.45, 2.75) is 36.7 Å². The molecule has 2 aromatic carbocycles. The number of likely N-dealkylation sites (tertiary alicyclic amines) is 1.